The maximum absolute atomic E-state index is 13.0. The van der Waals surface area contributed by atoms with Gasteiger partial charge in [-0.25, -0.2) is 4.39 Å². The molecule has 1 aliphatic heterocycles. The molecule has 6 heteroatoms. The summed E-state index contributed by atoms with van der Waals surface area (Å²) >= 11 is 0. The summed E-state index contributed by atoms with van der Waals surface area (Å²) in [6.45, 7) is 5.06. The van der Waals surface area contributed by atoms with Crippen LogP contribution in [-0.2, 0) is 16.1 Å². The normalized spacial score (nSPS) is 18.1. The van der Waals surface area contributed by atoms with Crippen LogP contribution < -0.4 is 0 Å². The van der Waals surface area contributed by atoms with Gasteiger partial charge in [-0.3, -0.25) is 14.5 Å². The average Bonchev–Trinajstić information content (AvgIpc) is 3.41. The minimum atomic E-state index is -0.240. The van der Waals surface area contributed by atoms with E-state index in [-0.39, 0.29) is 17.6 Å². The number of hydrogen-bond acceptors (Lipinski definition) is 3. The maximum atomic E-state index is 13.0. The van der Waals surface area contributed by atoms with Crippen LogP contribution in [0.1, 0.15) is 25.3 Å². The van der Waals surface area contributed by atoms with Gasteiger partial charge >= 0.3 is 0 Å². The van der Waals surface area contributed by atoms with E-state index < -0.39 is 0 Å². The first-order valence-corrected chi connectivity index (χ1v) is 8.54. The first-order valence-electron chi connectivity index (χ1n) is 8.54. The number of halogens is 1. The van der Waals surface area contributed by atoms with Crippen LogP contribution in [0.25, 0.3) is 0 Å². The largest absolute Gasteiger partial charge is 0.339 e. The zero-order valence-corrected chi connectivity index (χ0v) is 14.1. The molecule has 0 bridgehead atoms. The predicted molar refractivity (Wildman–Crippen MR) is 88.7 cm³/mol. The Hall–Kier alpha value is -1.95. The van der Waals surface area contributed by atoms with E-state index in [1.54, 1.807) is 24.0 Å². The van der Waals surface area contributed by atoms with Crippen LogP contribution in [0.5, 0.6) is 0 Å². The van der Waals surface area contributed by atoms with Crippen LogP contribution >= 0.6 is 0 Å². The maximum Gasteiger partial charge on any atom is 0.236 e. The van der Waals surface area contributed by atoms with Gasteiger partial charge in [-0.1, -0.05) is 12.1 Å². The lowest BCUT2D eigenvalue weighted by molar-refractivity contribution is -0.139. The van der Waals surface area contributed by atoms with Crippen molar-refractivity contribution in [2.24, 2.45) is 0 Å². The Bertz CT molecular complexity index is 593. The van der Waals surface area contributed by atoms with Crippen LogP contribution in [0, 0.1) is 5.82 Å². The lowest BCUT2D eigenvalue weighted by atomic mass is 10.2. The molecule has 2 amide bonds. The number of hydrogen-bond donors (Lipinski definition) is 0. The molecule has 130 valence electrons. The molecule has 0 aromatic heterocycles. The second-order valence-electron chi connectivity index (χ2n) is 6.65. The standard InChI is InChI=1S/C18H24FN3O2/c1-14(23)20-8-10-21(11-9-20)18(24)13-22(17-6-7-17)12-15-2-4-16(19)5-3-15/h2-5,17H,6-13H2,1H3. The van der Waals surface area contributed by atoms with Crippen molar-refractivity contribution in [1.29, 1.82) is 0 Å². The Morgan fingerprint density at radius 2 is 1.67 bits per heavy atom. The summed E-state index contributed by atoms with van der Waals surface area (Å²) < 4.78 is 13.0. The summed E-state index contributed by atoms with van der Waals surface area (Å²) in [5.41, 5.74) is 1.03. The molecule has 24 heavy (non-hydrogen) atoms. The number of amides is 2. The zero-order chi connectivity index (χ0) is 17.1. The number of nitrogens with zero attached hydrogens (tertiary/aromatic N) is 3. The van der Waals surface area contributed by atoms with Gasteiger partial charge in [-0.15, -0.1) is 0 Å². The summed E-state index contributed by atoms with van der Waals surface area (Å²) in [7, 11) is 0. The Balaban J connectivity index is 1.55. The molecule has 0 spiro atoms. The topological polar surface area (TPSA) is 43.9 Å². The lowest BCUT2D eigenvalue weighted by Gasteiger charge is -2.35. The Morgan fingerprint density at radius 3 is 2.21 bits per heavy atom. The highest BCUT2D eigenvalue weighted by molar-refractivity contribution is 5.79. The third kappa shape index (κ3) is 4.32. The monoisotopic (exact) mass is 333 g/mol. The molecule has 0 atom stereocenters. The van der Waals surface area contributed by atoms with Crippen molar-refractivity contribution in [2.75, 3.05) is 32.7 Å². The molecule has 5 nitrogen and oxygen atoms in total. The van der Waals surface area contributed by atoms with Crippen LogP contribution in [0.4, 0.5) is 4.39 Å². The van der Waals surface area contributed by atoms with E-state index in [0.29, 0.717) is 45.3 Å². The predicted octanol–water partition coefficient (Wildman–Crippen LogP) is 1.48. The molecule has 1 aromatic carbocycles. The Labute approximate surface area is 142 Å². The zero-order valence-electron chi connectivity index (χ0n) is 14.1. The smallest absolute Gasteiger partial charge is 0.236 e. The number of rotatable bonds is 5. The van der Waals surface area contributed by atoms with Crippen LogP contribution in [-0.4, -0.2) is 65.3 Å². The van der Waals surface area contributed by atoms with Gasteiger partial charge in [0.2, 0.25) is 11.8 Å². The van der Waals surface area contributed by atoms with Gasteiger partial charge < -0.3 is 9.80 Å². The van der Waals surface area contributed by atoms with Crippen molar-refractivity contribution in [3.8, 4) is 0 Å². The number of carbonyl (C=O) groups excluding carboxylic acids is 2. The SMILES string of the molecule is CC(=O)N1CCN(C(=O)CN(Cc2ccc(F)cc2)C2CC2)CC1. The van der Waals surface area contributed by atoms with E-state index in [1.165, 1.54) is 12.1 Å². The van der Waals surface area contributed by atoms with Crippen LogP contribution in [0.15, 0.2) is 24.3 Å². The second kappa shape index (κ2) is 7.30. The molecular weight excluding hydrogens is 309 g/mol. The molecule has 2 aliphatic rings. The fraction of sp³-hybridized carbons (Fsp3) is 0.556. The van der Waals surface area contributed by atoms with Gasteiger partial charge in [-0.05, 0) is 30.5 Å². The highest BCUT2D eigenvalue weighted by Gasteiger charge is 2.32. The van der Waals surface area contributed by atoms with Crippen molar-refractivity contribution in [2.45, 2.75) is 32.4 Å². The van der Waals surface area contributed by atoms with E-state index in [2.05, 4.69) is 4.90 Å². The van der Waals surface area contributed by atoms with Crippen molar-refractivity contribution in [1.82, 2.24) is 14.7 Å². The molecule has 0 radical (unpaired) electrons. The summed E-state index contributed by atoms with van der Waals surface area (Å²) in [5.74, 6) is -0.0543. The molecule has 0 N–H and O–H groups in total. The van der Waals surface area contributed by atoms with Crippen molar-refractivity contribution in [3.63, 3.8) is 0 Å². The van der Waals surface area contributed by atoms with Gasteiger partial charge in [0, 0.05) is 45.7 Å². The van der Waals surface area contributed by atoms with E-state index in [0.717, 1.165) is 18.4 Å². The third-order valence-corrected chi connectivity index (χ3v) is 4.78. The van der Waals surface area contributed by atoms with Crippen LogP contribution in [0.3, 0.4) is 0 Å². The quantitative estimate of drug-likeness (QED) is 0.820. The molecular formula is C18H24FN3O2. The molecule has 1 saturated heterocycles. The molecule has 1 aliphatic carbocycles. The first kappa shape index (κ1) is 16.9. The average molecular weight is 333 g/mol. The summed E-state index contributed by atoms with van der Waals surface area (Å²) in [6.07, 6.45) is 2.24. The molecule has 1 aromatic rings. The van der Waals surface area contributed by atoms with E-state index in [4.69, 9.17) is 0 Å². The molecule has 1 saturated carbocycles. The Kier molecular flexibility index (Phi) is 5.14. The third-order valence-electron chi connectivity index (χ3n) is 4.78. The number of carbonyl (C=O) groups is 2. The molecule has 1 heterocycles. The second-order valence-corrected chi connectivity index (χ2v) is 6.65. The van der Waals surface area contributed by atoms with Gasteiger partial charge in [0.25, 0.3) is 0 Å². The highest BCUT2D eigenvalue weighted by atomic mass is 19.1. The fourth-order valence-electron chi connectivity index (χ4n) is 3.12. The summed E-state index contributed by atoms with van der Waals surface area (Å²) in [6, 6.07) is 6.94. The van der Waals surface area contributed by atoms with Crippen LogP contribution in [0.2, 0.25) is 0 Å². The lowest BCUT2D eigenvalue weighted by Crippen LogP contribution is -2.52. The molecule has 0 unspecified atom stereocenters. The van der Waals surface area contributed by atoms with Gasteiger partial charge in [0.15, 0.2) is 0 Å². The van der Waals surface area contributed by atoms with Gasteiger partial charge in [-0.2, -0.15) is 0 Å². The van der Waals surface area contributed by atoms with Gasteiger partial charge in [0.05, 0.1) is 6.54 Å². The molecule has 3 rings (SSSR count). The van der Waals surface area contributed by atoms with E-state index in [1.807, 2.05) is 4.90 Å². The molecule has 2 fully saturated rings. The minimum Gasteiger partial charge on any atom is -0.339 e. The van der Waals surface area contributed by atoms with Gasteiger partial charge in [0.1, 0.15) is 5.82 Å². The van der Waals surface area contributed by atoms with E-state index >= 15 is 0 Å². The minimum absolute atomic E-state index is 0.0676. The number of piperazine rings is 1. The summed E-state index contributed by atoms with van der Waals surface area (Å²) in [4.78, 5) is 29.8. The summed E-state index contributed by atoms with van der Waals surface area (Å²) in [5, 5.41) is 0. The van der Waals surface area contributed by atoms with Crippen molar-refractivity contribution < 1.29 is 14.0 Å². The highest BCUT2D eigenvalue weighted by Crippen LogP contribution is 2.28. The fourth-order valence-corrected chi connectivity index (χ4v) is 3.12. The van der Waals surface area contributed by atoms with Crippen molar-refractivity contribution in [3.05, 3.63) is 35.6 Å². The van der Waals surface area contributed by atoms with E-state index in [9.17, 15) is 14.0 Å². The van der Waals surface area contributed by atoms with Crippen molar-refractivity contribution >= 4 is 11.8 Å². The first-order chi connectivity index (χ1) is 11.5. The number of benzene rings is 1. The Morgan fingerprint density at radius 1 is 1.08 bits per heavy atom.